The lowest BCUT2D eigenvalue weighted by molar-refractivity contribution is -0.138. The van der Waals surface area contributed by atoms with Gasteiger partial charge in [0.1, 0.15) is 5.75 Å². The molecule has 0 N–H and O–H groups in total. The second kappa shape index (κ2) is 13.7. The van der Waals surface area contributed by atoms with Gasteiger partial charge in [0.05, 0.1) is 12.7 Å². The summed E-state index contributed by atoms with van der Waals surface area (Å²) in [5, 5.41) is 0. The van der Waals surface area contributed by atoms with Crippen LogP contribution in [0.15, 0.2) is 42.5 Å². The highest BCUT2D eigenvalue weighted by molar-refractivity contribution is 5.36. The summed E-state index contributed by atoms with van der Waals surface area (Å²) in [4.78, 5) is 0. The molecule has 0 saturated heterocycles. The van der Waals surface area contributed by atoms with Crippen LogP contribution in [-0.4, -0.2) is 7.11 Å². The fraction of sp³-hybridized carbons (Fsp3) is 0.500. The van der Waals surface area contributed by atoms with Crippen LogP contribution in [0, 0.1) is 6.92 Å². The molecule has 0 aromatic heterocycles. The van der Waals surface area contributed by atoms with Crippen LogP contribution in [0.25, 0.3) is 0 Å². The van der Waals surface area contributed by atoms with Crippen LogP contribution in [0.1, 0.15) is 58.1 Å². The van der Waals surface area contributed by atoms with E-state index in [0.717, 1.165) is 25.3 Å². The molecule has 24 heavy (non-hydrogen) atoms. The van der Waals surface area contributed by atoms with Crippen molar-refractivity contribution in [2.45, 2.75) is 60.1 Å². The molecular formula is C20H31F3O. The number of aryl methyl sites for hydroxylation is 1. The Bertz CT molecular complexity index is 488. The van der Waals surface area contributed by atoms with E-state index in [1.54, 1.807) is 0 Å². The third-order valence-corrected chi connectivity index (χ3v) is 2.88. The van der Waals surface area contributed by atoms with E-state index < -0.39 is 11.7 Å². The van der Waals surface area contributed by atoms with Crippen molar-refractivity contribution in [3.05, 3.63) is 53.6 Å². The fourth-order valence-electron chi connectivity index (χ4n) is 1.70. The van der Waals surface area contributed by atoms with Crippen LogP contribution >= 0.6 is 0 Å². The highest BCUT2D eigenvalue weighted by Gasteiger charge is 2.32. The number of allylic oxidation sites excluding steroid dienone is 3. The number of hydrogen-bond acceptors (Lipinski definition) is 1. The Balaban J connectivity index is 0. The van der Waals surface area contributed by atoms with Crippen LogP contribution in [0.5, 0.6) is 5.75 Å². The van der Waals surface area contributed by atoms with Gasteiger partial charge in [-0.1, -0.05) is 38.5 Å². The van der Waals surface area contributed by atoms with E-state index in [1.807, 2.05) is 13.8 Å². The van der Waals surface area contributed by atoms with Crippen LogP contribution < -0.4 is 4.74 Å². The average Bonchev–Trinajstić information content (AvgIpc) is 2.52. The predicted molar refractivity (Wildman–Crippen MR) is 97.6 cm³/mol. The van der Waals surface area contributed by atoms with Gasteiger partial charge in [-0.15, -0.1) is 6.58 Å². The minimum atomic E-state index is -4.28. The molecule has 0 bridgehead atoms. The maximum absolute atomic E-state index is 12.2. The second-order valence-corrected chi connectivity index (χ2v) is 5.05. The van der Waals surface area contributed by atoms with Crippen LogP contribution in [0.4, 0.5) is 13.2 Å². The van der Waals surface area contributed by atoms with Crippen molar-refractivity contribution in [2.24, 2.45) is 0 Å². The van der Waals surface area contributed by atoms with Gasteiger partial charge in [0, 0.05) is 0 Å². The number of benzene rings is 1. The van der Waals surface area contributed by atoms with Gasteiger partial charge in [0.2, 0.25) is 0 Å². The number of ether oxygens (including phenoxy) is 1. The third kappa shape index (κ3) is 11.8. The van der Waals surface area contributed by atoms with Gasteiger partial charge in [-0.25, -0.2) is 0 Å². The van der Waals surface area contributed by atoms with E-state index in [0.29, 0.717) is 5.75 Å². The average molecular weight is 344 g/mol. The van der Waals surface area contributed by atoms with E-state index in [4.69, 9.17) is 4.74 Å². The lowest BCUT2D eigenvalue weighted by Crippen LogP contribution is -2.07. The summed E-state index contributed by atoms with van der Waals surface area (Å²) in [6, 6.07) is 3.69. The summed E-state index contributed by atoms with van der Waals surface area (Å²) in [7, 11) is 1.42. The molecule has 0 saturated carbocycles. The van der Waals surface area contributed by atoms with E-state index in [1.165, 1.54) is 31.7 Å². The molecule has 1 aromatic rings. The SMILES string of the molecule is C=C(C)CC/C=C\CC.CC.COc1ccc(C(F)(F)F)c(C)c1. The molecule has 1 aromatic carbocycles. The maximum Gasteiger partial charge on any atom is 0.416 e. The summed E-state index contributed by atoms with van der Waals surface area (Å²) in [6.07, 6.45) is 3.57. The van der Waals surface area contributed by atoms with Crippen molar-refractivity contribution in [2.75, 3.05) is 7.11 Å². The molecule has 0 radical (unpaired) electrons. The summed E-state index contributed by atoms with van der Waals surface area (Å²) in [5.41, 5.74) is 0.830. The lowest BCUT2D eigenvalue weighted by atomic mass is 10.1. The number of methoxy groups -OCH3 is 1. The van der Waals surface area contributed by atoms with E-state index in [-0.39, 0.29) is 5.56 Å². The number of rotatable bonds is 5. The van der Waals surface area contributed by atoms with Gasteiger partial charge in [-0.2, -0.15) is 13.2 Å². The number of hydrogen-bond donors (Lipinski definition) is 0. The molecule has 0 heterocycles. The van der Waals surface area contributed by atoms with Gasteiger partial charge in [0.25, 0.3) is 0 Å². The molecule has 0 aliphatic carbocycles. The van der Waals surface area contributed by atoms with Gasteiger partial charge in [0.15, 0.2) is 0 Å². The zero-order chi connectivity index (χ0) is 19.2. The zero-order valence-electron chi connectivity index (χ0n) is 15.8. The Morgan fingerprint density at radius 2 is 1.79 bits per heavy atom. The molecule has 0 aliphatic heterocycles. The molecule has 138 valence electrons. The van der Waals surface area contributed by atoms with Crippen LogP contribution in [0.3, 0.4) is 0 Å². The van der Waals surface area contributed by atoms with Gasteiger partial charge in [-0.3, -0.25) is 0 Å². The van der Waals surface area contributed by atoms with E-state index in [2.05, 4.69) is 32.6 Å². The molecule has 1 rings (SSSR count). The summed E-state index contributed by atoms with van der Waals surface area (Å²) >= 11 is 0. The van der Waals surface area contributed by atoms with Gasteiger partial charge < -0.3 is 4.74 Å². The van der Waals surface area contributed by atoms with Crippen LogP contribution in [0.2, 0.25) is 0 Å². The van der Waals surface area contributed by atoms with E-state index >= 15 is 0 Å². The van der Waals surface area contributed by atoms with Gasteiger partial charge >= 0.3 is 6.18 Å². The zero-order valence-corrected chi connectivity index (χ0v) is 15.8. The Labute approximate surface area is 145 Å². The molecule has 4 heteroatoms. The quantitative estimate of drug-likeness (QED) is 0.507. The maximum atomic E-state index is 12.2. The van der Waals surface area contributed by atoms with Crippen molar-refractivity contribution in [1.82, 2.24) is 0 Å². The predicted octanol–water partition coefficient (Wildman–Crippen LogP) is 7.36. The van der Waals surface area contributed by atoms with Crippen molar-refractivity contribution in [3.63, 3.8) is 0 Å². The molecular weight excluding hydrogens is 313 g/mol. The normalized spacial score (nSPS) is 10.4. The second-order valence-electron chi connectivity index (χ2n) is 5.05. The lowest BCUT2D eigenvalue weighted by Gasteiger charge is -2.10. The summed E-state index contributed by atoms with van der Waals surface area (Å²) in [6.45, 7) is 13.4. The number of halogens is 3. The Hall–Kier alpha value is -1.71. The van der Waals surface area contributed by atoms with Crippen molar-refractivity contribution in [3.8, 4) is 5.75 Å². The van der Waals surface area contributed by atoms with E-state index in [9.17, 15) is 13.2 Å². The first-order chi connectivity index (χ1) is 11.2. The molecule has 0 amide bonds. The standard InChI is InChI=1S/C9H9F3O.C9H16.C2H6/c1-6-5-7(13-2)3-4-8(6)9(10,11)12;1-4-5-6-7-8-9(2)3;1-2/h3-5H,1-2H3;5-6H,2,4,7-8H2,1,3H3;1-2H3/b;6-5-;. The third-order valence-electron chi connectivity index (χ3n) is 2.88. The topological polar surface area (TPSA) is 9.23 Å². The largest absolute Gasteiger partial charge is 0.497 e. The van der Waals surface area contributed by atoms with Crippen molar-refractivity contribution >= 4 is 0 Å². The van der Waals surface area contributed by atoms with Crippen molar-refractivity contribution in [1.29, 1.82) is 0 Å². The molecule has 0 atom stereocenters. The minimum Gasteiger partial charge on any atom is -0.497 e. The molecule has 0 unspecified atom stereocenters. The molecule has 0 fully saturated rings. The fourth-order valence-corrected chi connectivity index (χ4v) is 1.70. The Kier molecular flexibility index (Phi) is 14.0. The Morgan fingerprint density at radius 3 is 2.17 bits per heavy atom. The summed E-state index contributed by atoms with van der Waals surface area (Å²) < 4.78 is 41.5. The first-order valence-corrected chi connectivity index (χ1v) is 8.23. The molecule has 0 spiro atoms. The van der Waals surface area contributed by atoms with Gasteiger partial charge in [-0.05, 0) is 56.9 Å². The first kappa shape index (κ1) is 24.5. The minimum absolute atomic E-state index is 0.173. The summed E-state index contributed by atoms with van der Waals surface area (Å²) in [5.74, 6) is 0.436. The molecule has 0 aliphatic rings. The number of alkyl halides is 3. The highest BCUT2D eigenvalue weighted by atomic mass is 19.4. The highest BCUT2D eigenvalue weighted by Crippen LogP contribution is 2.33. The van der Waals surface area contributed by atoms with Crippen molar-refractivity contribution < 1.29 is 17.9 Å². The monoisotopic (exact) mass is 344 g/mol. The first-order valence-electron chi connectivity index (χ1n) is 8.23. The smallest absolute Gasteiger partial charge is 0.416 e. The van der Waals surface area contributed by atoms with Crippen LogP contribution in [-0.2, 0) is 6.18 Å². The Morgan fingerprint density at radius 1 is 1.21 bits per heavy atom. The molecule has 1 nitrogen and oxygen atoms in total.